The van der Waals surface area contributed by atoms with E-state index in [4.69, 9.17) is 5.73 Å². The number of carbonyl (C=O) groups excluding carboxylic acids is 1. The summed E-state index contributed by atoms with van der Waals surface area (Å²) < 4.78 is 14.7. The zero-order valence-electron chi connectivity index (χ0n) is 16.5. The molecule has 5 N–H and O–H groups in total. The van der Waals surface area contributed by atoms with Gasteiger partial charge in [0.2, 0.25) is 0 Å². The number of hydrogen-bond acceptors (Lipinski definition) is 6. The summed E-state index contributed by atoms with van der Waals surface area (Å²) in [5.74, 6) is -1.00. The maximum absolute atomic E-state index is 14.7. The van der Waals surface area contributed by atoms with Gasteiger partial charge in [-0.2, -0.15) is 0 Å². The molecule has 1 saturated carbocycles. The van der Waals surface area contributed by atoms with E-state index in [2.05, 4.69) is 25.9 Å². The predicted octanol–water partition coefficient (Wildman–Crippen LogP) is 3.02. The van der Waals surface area contributed by atoms with Gasteiger partial charge in [0.15, 0.2) is 11.6 Å². The van der Waals surface area contributed by atoms with Crippen molar-refractivity contribution in [1.29, 1.82) is 0 Å². The Bertz CT molecular complexity index is 852. The summed E-state index contributed by atoms with van der Waals surface area (Å²) in [4.78, 5) is 20.5. The van der Waals surface area contributed by atoms with Crippen LogP contribution in [0.15, 0.2) is 18.2 Å². The number of amides is 1. The molecule has 0 bridgehead atoms. The van der Waals surface area contributed by atoms with Crippen LogP contribution in [0, 0.1) is 19.7 Å². The van der Waals surface area contributed by atoms with Gasteiger partial charge < -0.3 is 21.7 Å². The summed E-state index contributed by atoms with van der Waals surface area (Å²) in [6.45, 7) is 3.75. The Hall–Kier alpha value is -2.74. The third-order valence-corrected chi connectivity index (χ3v) is 5.04. The number of halogens is 1. The molecule has 0 spiro atoms. The Kier molecular flexibility index (Phi) is 6.08. The van der Waals surface area contributed by atoms with Gasteiger partial charge in [-0.3, -0.25) is 9.78 Å². The van der Waals surface area contributed by atoms with Gasteiger partial charge in [-0.1, -0.05) is 12.8 Å². The molecule has 0 radical (unpaired) electrons. The average molecular weight is 386 g/mol. The van der Waals surface area contributed by atoms with E-state index in [9.17, 15) is 9.18 Å². The van der Waals surface area contributed by atoms with Crippen molar-refractivity contribution in [2.45, 2.75) is 51.6 Å². The fourth-order valence-corrected chi connectivity index (χ4v) is 3.74. The van der Waals surface area contributed by atoms with Gasteiger partial charge in [-0.25, -0.2) is 9.37 Å². The molecule has 1 aliphatic rings. The Morgan fingerprint density at radius 3 is 2.32 bits per heavy atom. The summed E-state index contributed by atoms with van der Waals surface area (Å²) >= 11 is 0. The van der Waals surface area contributed by atoms with Gasteiger partial charge in [-0.15, -0.1) is 0 Å². The summed E-state index contributed by atoms with van der Waals surface area (Å²) in [5.41, 5.74) is 7.81. The molecule has 2 heterocycles. The first-order valence-corrected chi connectivity index (χ1v) is 9.54. The molecule has 2 aromatic heterocycles. The monoisotopic (exact) mass is 386 g/mol. The van der Waals surface area contributed by atoms with Crippen LogP contribution in [0.25, 0.3) is 0 Å². The van der Waals surface area contributed by atoms with Gasteiger partial charge in [0, 0.05) is 29.2 Å². The molecule has 1 aliphatic carbocycles. The summed E-state index contributed by atoms with van der Waals surface area (Å²) in [6.07, 6.45) is 4.18. The molecule has 8 heteroatoms. The molecule has 0 aliphatic heterocycles. The topological polar surface area (TPSA) is 105 Å². The molecular weight excluding hydrogens is 359 g/mol. The minimum atomic E-state index is -0.742. The van der Waals surface area contributed by atoms with Gasteiger partial charge in [0.05, 0.1) is 5.56 Å². The van der Waals surface area contributed by atoms with Crippen molar-refractivity contribution in [1.82, 2.24) is 15.3 Å². The minimum absolute atomic E-state index is 0.00368. The molecule has 150 valence electrons. The first kappa shape index (κ1) is 20.0. The number of nitrogens with one attached hydrogen (secondary N) is 3. The van der Waals surface area contributed by atoms with E-state index in [1.54, 1.807) is 0 Å². The minimum Gasteiger partial charge on any atom is -0.365 e. The molecule has 1 unspecified atom stereocenters. The molecular formula is C20H27FN6O. The van der Waals surface area contributed by atoms with Gasteiger partial charge >= 0.3 is 0 Å². The second-order valence-corrected chi connectivity index (χ2v) is 7.27. The lowest BCUT2D eigenvalue weighted by atomic mass is 9.90. The third-order valence-electron chi connectivity index (χ3n) is 5.04. The molecule has 0 aromatic carbocycles. The van der Waals surface area contributed by atoms with Crippen molar-refractivity contribution < 1.29 is 9.18 Å². The molecule has 1 amide bonds. The summed E-state index contributed by atoms with van der Waals surface area (Å²) in [5, 5.41) is 9.58. The highest BCUT2D eigenvalue weighted by atomic mass is 19.1. The van der Waals surface area contributed by atoms with Crippen LogP contribution in [0.2, 0.25) is 0 Å². The van der Waals surface area contributed by atoms with Crippen molar-refractivity contribution in [3.05, 3.63) is 41.0 Å². The second-order valence-electron chi connectivity index (χ2n) is 7.27. The van der Waals surface area contributed by atoms with Gasteiger partial charge in [0.1, 0.15) is 5.82 Å². The number of aryl methyl sites for hydroxylation is 2. The van der Waals surface area contributed by atoms with E-state index in [1.165, 1.54) is 0 Å². The number of aromatic nitrogens is 2. The Morgan fingerprint density at radius 2 is 1.71 bits per heavy atom. The van der Waals surface area contributed by atoms with E-state index >= 15 is 0 Å². The number of hydrogen-bond donors (Lipinski definition) is 4. The van der Waals surface area contributed by atoms with Gasteiger partial charge in [-0.05, 0) is 51.9 Å². The van der Waals surface area contributed by atoms with Crippen molar-refractivity contribution in [2.24, 2.45) is 5.73 Å². The van der Waals surface area contributed by atoms with E-state index < -0.39 is 11.7 Å². The highest BCUT2D eigenvalue weighted by Gasteiger charge is 2.26. The largest absolute Gasteiger partial charge is 0.365 e. The quantitative estimate of drug-likeness (QED) is 0.608. The number of likely N-dealkylation sites (N-methyl/N-ethyl adjacent to an activating group) is 1. The Labute approximate surface area is 164 Å². The van der Waals surface area contributed by atoms with Gasteiger partial charge in [0.25, 0.3) is 5.91 Å². The zero-order valence-corrected chi connectivity index (χ0v) is 16.5. The van der Waals surface area contributed by atoms with E-state index in [1.807, 2.05) is 33.0 Å². The normalized spacial score (nSPS) is 19.3. The fraction of sp³-hybridized carbons (Fsp3) is 0.450. The van der Waals surface area contributed by atoms with Crippen LogP contribution in [-0.4, -0.2) is 35.0 Å². The number of anilines is 3. The van der Waals surface area contributed by atoms with Crippen molar-refractivity contribution in [3.8, 4) is 0 Å². The van der Waals surface area contributed by atoms with E-state index in [0.717, 1.165) is 43.1 Å². The van der Waals surface area contributed by atoms with Crippen molar-refractivity contribution in [3.63, 3.8) is 0 Å². The molecule has 2 aromatic rings. The molecule has 2 atom stereocenters. The Morgan fingerprint density at radius 1 is 1.07 bits per heavy atom. The van der Waals surface area contributed by atoms with Crippen molar-refractivity contribution >= 4 is 23.2 Å². The van der Waals surface area contributed by atoms with Crippen LogP contribution in [0.1, 0.15) is 47.4 Å². The van der Waals surface area contributed by atoms with Crippen LogP contribution < -0.4 is 21.7 Å². The standard InChI is InChI=1S/C20H27FN6O/c1-11-8-13(9-12(2)24-11)25-19-14(18(22)28)10-15(21)20(27-19)26-17-7-5-4-6-16(17)23-3/h8-10,16-17,23H,4-7H2,1-3H3,(H2,22,28)(H2,24,25,26,27)/t16-,17?/m0/s1. The van der Waals surface area contributed by atoms with Crippen LogP contribution in [0.3, 0.4) is 0 Å². The highest BCUT2D eigenvalue weighted by molar-refractivity contribution is 5.98. The number of carbonyl (C=O) groups is 1. The first-order chi connectivity index (χ1) is 13.4. The fourth-order valence-electron chi connectivity index (χ4n) is 3.74. The SMILES string of the molecule is CN[C@H]1CCCCC1Nc1nc(Nc2cc(C)nc(C)c2)c(C(N)=O)cc1F. The third kappa shape index (κ3) is 4.56. The number of pyridine rings is 2. The molecule has 28 heavy (non-hydrogen) atoms. The Balaban J connectivity index is 1.93. The van der Waals surface area contributed by atoms with Crippen LogP contribution in [-0.2, 0) is 0 Å². The zero-order chi connectivity index (χ0) is 20.3. The van der Waals surface area contributed by atoms with Crippen molar-refractivity contribution in [2.75, 3.05) is 17.7 Å². The summed E-state index contributed by atoms with van der Waals surface area (Å²) in [7, 11) is 1.91. The second kappa shape index (κ2) is 8.52. The smallest absolute Gasteiger partial charge is 0.252 e. The number of primary amides is 1. The lowest BCUT2D eigenvalue weighted by molar-refractivity contribution is 0.100. The maximum Gasteiger partial charge on any atom is 0.252 e. The van der Waals surface area contributed by atoms with Crippen LogP contribution in [0.4, 0.5) is 21.7 Å². The lowest BCUT2D eigenvalue weighted by Gasteiger charge is -2.32. The molecule has 3 rings (SSSR count). The highest BCUT2D eigenvalue weighted by Crippen LogP contribution is 2.27. The number of nitrogens with two attached hydrogens (primary N) is 1. The average Bonchev–Trinajstić information content (AvgIpc) is 2.63. The number of rotatable bonds is 6. The lowest BCUT2D eigenvalue weighted by Crippen LogP contribution is -2.45. The maximum atomic E-state index is 14.7. The van der Waals surface area contributed by atoms with E-state index in [0.29, 0.717) is 5.69 Å². The molecule has 7 nitrogen and oxygen atoms in total. The molecule has 0 saturated heterocycles. The summed E-state index contributed by atoms with van der Waals surface area (Å²) in [6, 6.07) is 5.10. The molecule has 1 fully saturated rings. The predicted molar refractivity (Wildman–Crippen MR) is 108 cm³/mol. The van der Waals surface area contributed by atoms with Crippen LogP contribution in [0.5, 0.6) is 0 Å². The number of nitrogens with zero attached hydrogens (tertiary/aromatic N) is 2. The van der Waals surface area contributed by atoms with Crippen LogP contribution >= 0.6 is 0 Å². The first-order valence-electron chi connectivity index (χ1n) is 9.54. The van der Waals surface area contributed by atoms with E-state index in [-0.39, 0.29) is 29.3 Å².